The molecule has 2 saturated heterocycles. The number of likely N-dealkylation sites (tertiary alicyclic amines) is 1. The number of imide groups is 1. The Morgan fingerprint density at radius 3 is 2.48 bits per heavy atom. The number of H-pyrrole nitrogens is 1. The van der Waals surface area contributed by atoms with E-state index < -0.39 is 22.9 Å². The Balaban J connectivity index is 1.50. The zero-order chi connectivity index (χ0) is 23.1. The number of para-hydroxylation sites is 2. The lowest BCUT2D eigenvalue weighted by molar-refractivity contribution is -0.147. The minimum absolute atomic E-state index is 0.205. The first-order chi connectivity index (χ1) is 15.7. The van der Waals surface area contributed by atoms with Gasteiger partial charge in [0.2, 0.25) is 17.7 Å². The van der Waals surface area contributed by atoms with Crippen LogP contribution in [0, 0.1) is 11.8 Å². The maximum Gasteiger partial charge on any atom is 0.250 e. The predicted octanol–water partition coefficient (Wildman–Crippen LogP) is 2.93. The van der Waals surface area contributed by atoms with E-state index in [0.29, 0.717) is 12.1 Å². The van der Waals surface area contributed by atoms with Crippen LogP contribution in [0.2, 0.25) is 0 Å². The number of nitrogens with one attached hydrogen (secondary N) is 3. The SMILES string of the molecule is CC(C)(C)N1C(=O)[C@@H]2C(Cc3c[nH]c4ccccc34)NC3(C(=O)Nc4ccccc43)[C@@H]2C1=O. The third kappa shape index (κ3) is 2.57. The van der Waals surface area contributed by atoms with E-state index in [1.165, 1.54) is 4.90 Å². The minimum Gasteiger partial charge on any atom is -0.361 e. The van der Waals surface area contributed by atoms with Crippen molar-refractivity contribution in [1.29, 1.82) is 0 Å². The lowest BCUT2D eigenvalue weighted by atomic mass is 9.76. The predicted molar refractivity (Wildman–Crippen MR) is 124 cm³/mol. The van der Waals surface area contributed by atoms with Crippen LogP contribution in [0.5, 0.6) is 0 Å². The second kappa shape index (κ2) is 6.54. The highest BCUT2D eigenvalue weighted by Crippen LogP contribution is 2.54. The monoisotopic (exact) mass is 442 g/mol. The normalized spacial score (nSPS) is 28.6. The van der Waals surface area contributed by atoms with E-state index >= 15 is 0 Å². The molecule has 0 bridgehead atoms. The van der Waals surface area contributed by atoms with E-state index in [4.69, 9.17) is 0 Å². The number of rotatable bonds is 2. The summed E-state index contributed by atoms with van der Waals surface area (Å²) in [6.07, 6.45) is 2.48. The van der Waals surface area contributed by atoms with Gasteiger partial charge in [-0.15, -0.1) is 0 Å². The van der Waals surface area contributed by atoms with Crippen LogP contribution in [0.3, 0.4) is 0 Å². The Morgan fingerprint density at radius 2 is 1.70 bits per heavy atom. The van der Waals surface area contributed by atoms with Gasteiger partial charge < -0.3 is 10.3 Å². The van der Waals surface area contributed by atoms with E-state index in [1.807, 2.05) is 75.5 Å². The molecule has 2 fully saturated rings. The molecule has 7 nitrogen and oxygen atoms in total. The van der Waals surface area contributed by atoms with Gasteiger partial charge in [-0.25, -0.2) is 0 Å². The highest BCUT2D eigenvalue weighted by molar-refractivity contribution is 6.15. The molecule has 1 aromatic heterocycles. The Kier molecular flexibility index (Phi) is 4.00. The number of hydrogen-bond acceptors (Lipinski definition) is 4. The molecular formula is C26H26N4O3. The Labute approximate surface area is 191 Å². The molecule has 3 amide bonds. The van der Waals surface area contributed by atoms with Gasteiger partial charge in [-0.2, -0.15) is 0 Å². The molecule has 3 aromatic rings. The number of aromatic amines is 1. The van der Waals surface area contributed by atoms with Crippen molar-refractivity contribution in [3.8, 4) is 0 Å². The number of carbonyl (C=O) groups excluding carboxylic acids is 3. The Morgan fingerprint density at radius 1 is 0.970 bits per heavy atom. The number of amides is 3. The van der Waals surface area contributed by atoms with Gasteiger partial charge in [-0.3, -0.25) is 24.6 Å². The molecule has 0 saturated carbocycles. The molecule has 3 N–H and O–H groups in total. The molecule has 3 aliphatic heterocycles. The maximum absolute atomic E-state index is 13.8. The zero-order valence-electron chi connectivity index (χ0n) is 18.8. The molecule has 3 aliphatic rings. The smallest absolute Gasteiger partial charge is 0.250 e. The summed E-state index contributed by atoms with van der Waals surface area (Å²) >= 11 is 0. The van der Waals surface area contributed by atoms with Gasteiger partial charge in [-0.05, 0) is 44.9 Å². The van der Waals surface area contributed by atoms with Crippen LogP contribution in [0.1, 0.15) is 31.9 Å². The molecule has 4 atom stereocenters. The zero-order valence-corrected chi connectivity index (χ0v) is 18.8. The molecule has 6 rings (SSSR count). The van der Waals surface area contributed by atoms with Crippen molar-refractivity contribution in [2.24, 2.45) is 11.8 Å². The van der Waals surface area contributed by atoms with Crippen LogP contribution in [0.15, 0.2) is 54.7 Å². The fourth-order valence-corrected chi connectivity index (χ4v) is 6.13. The van der Waals surface area contributed by atoms with Crippen molar-refractivity contribution in [2.45, 2.75) is 44.3 Å². The molecule has 1 spiro atoms. The molecule has 2 unspecified atom stereocenters. The number of carbonyl (C=O) groups is 3. The average molecular weight is 443 g/mol. The molecule has 7 heteroatoms. The lowest BCUT2D eigenvalue weighted by Gasteiger charge is -2.34. The number of fused-ring (bicyclic) bond motifs is 5. The van der Waals surface area contributed by atoms with E-state index in [2.05, 4.69) is 15.6 Å². The van der Waals surface area contributed by atoms with Gasteiger partial charge in [0.25, 0.3) is 0 Å². The van der Waals surface area contributed by atoms with Crippen molar-refractivity contribution < 1.29 is 14.4 Å². The maximum atomic E-state index is 13.8. The highest BCUT2D eigenvalue weighted by Gasteiger charge is 2.71. The summed E-state index contributed by atoms with van der Waals surface area (Å²) in [6.45, 7) is 5.59. The van der Waals surface area contributed by atoms with Crippen molar-refractivity contribution in [1.82, 2.24) is 15.2 Å². The van der Waals surface area contributed by atoms with E-state index in [0.717, 1.165) is 22.0 Å². The molecule has 0 radical (unpaired) electrons. The summed E-state index contributed by atoms with van der Waals surface area (Å²) < 4.78 is 0. The number of benzene rings is 2. The van der Waals surface area contributed by atoms with E-state index in [-0.39, 0.29) is 23.8 Å². The summed E-state index contributed by atoms with van der Waals surface area (Å²) in [6, 6.07) is 15.1. The van der Waals surface area contributed by atoms with Crippen molar-refractivity contribution in [2.75, 3.05) is 5.32 Å². The standard InChI is InChI=1S/C26H26N4O3/c1-25(2,3)30-22(31)20-19(12-14-13-27-17-10-6-4-8-15(14)17)29-26(21(20)23(30)32)16-9-5-7-11-18(16)28-24(26)33/h4-11,13,19-21,27,29H,12H2,1-3H3,(H,28,33)/t19?,20-,21+,26?/m1/s1. The van der Waals surface area contributed by atoms with Gasteiger partial charge in [0.05, 0.1) is 11.8 Å². The molecule has 33 heavy (non-hydrogen) atoms. The van der Waals surface area contributed by atoms with Crippen LogP contribution in [-0.2, 0) is 26.3 Å². The molecule has 2 aromatic carbocycles. The first kappa shape index (κ1) is 20.2. The molecule has 0 aliphatic carbocycles. The van der Waals surface area contributed by atoms with E-state index in [1.54, 1.807) is 0 Å². The van der Waals surface area contributed by atoms with Crippen LogP contribution >= 0.6 is 0 Å². The topological polar surface area (TPSA) is 94.3 Å². The summed E-state index contributed by atoms with van der Waals surface area (Å²) in [4.78, 5) is 45.7. The number of nitrogens with zero attached hydrogens (tertiary/aromatic N) is 1. The van der Waals surface area contributed by atoms with Gasteiger partial charge in [0.1, 0.15) is 5.54 Å². The summed E-state index contributed by atoms with van der Waals surface area (Å²) in [7, 11) is 0. The number of aromatic nitrogens is 1. The van der Waals surface area contributed by atoms with E-state index in [9.17, 15) is 14.4 Å². The van der Waals surface area contributed by atoms with Gasteiger partial charge >= 0.3 is 0 Å². The molecule has 168 valence electrons. The Bertz CT molecular complexity index is 1340. The summed E-state index contributed by atoms with van der Waals surface area (Å²) in [5.41, 5.74) is 1.58. The van der Waals surface area contributed by atoms with Gasteiger partial charge in [-0.1, -0.05) is 36.4 Å². The van der Waals surface area contributed by atoms with Crippen LogP contribution in [0.4, 0.5) is 5.69 Å². The summed E-state index contributed by atoms with van der Waals surface area (Å²) in [5, 5.41) is 7.55. The molecular weight excluding hydrogens is 416 g/mol. The Hall–Kier alpha value is -3.45. The van der Waals surface area contributed by atoms with Crippen LogP contribution in [-0.4, -0.2) is 39.2 Å². The van der Waals surface area contributed by atoms with Gasteiger partial charge in [0, 0.05) is 39.9 Å². The largest absolute Gasteiger partial charge is 0.361 e. The van der Waals surface area contributed by atoms with Crippen LogP contribution in [0.25, 0.3) is 10.9 Å². The third-order valence-electron chi connectivity index (χ3n) is 7.41. The minimum atomic E-state index is -1.26. The number of anilines is 1. The van der Waals surface area contributed by atoms with Crippen molar-refractivity contribution in [3.63, 3.8) is 0 Å². The second-order valence-electron chi connectivity index (χ2n) is 10.3. The molecule has 4 heterocycles. The first-order valence-corrected chi connectivity index (χ1v) is 11.3. The summed E-state index contributed by atoms with van der Waals surface area (Å²) in [5.74, 6) is -2.16. The lowest BCUT2D eigenvalue weighted by Crippen LogP contribution is -2.56. The highest BCUT2D eigenvalue weighted by atomic mass is 16.2. The van der Waals surface area contributed by atoms with Crippen molar-refractivity contribution in [3.05, 3.63) is 65.9 Å². The first-order valence-electron chi connectivity index (χ1n) is 11.3. The van der Waals surface area contributed by atoms with Gasteiger partial charge in [0.15, 0.2) is 0 Å². The quantitative estimate of drug-likeness (QED) is 0.532. The number of hydrogen-bond donors (Lipinski definition) is 3. The van der Waals surface area contributed by atoms with Crippen LogP contribution < -0.4 is 10.6 Å². The fourth-order valence-electron chi connectivity index (χ4n) is 6.13. The third-order valence-corrected chi connectivity index (χ3v) is 7.41. The fraction of sp³-hybridized carbons (Fsp3) is 0.346. The van der Waals surface area contributed by atoms with Crippen molar-refractivity contribution >= 4 is 34.3 Å². The average Bonchev–Trinajstić information content (AvgIpc) is 3.47. The second-order valence-corrected chi connectivity index (χ2v) is 10.3.